The molecule has 5 heteroatoms. The summed E-state index contributed by atoms with van der Waals surface area (Å²) in [5, 5.41) is 0. The Labute approximate surface area is 120 Å². The lowest BCUT2D eigenvalue weighted by atomic mass is 9.99. The third kappa shape index (κ3) is 2.60. The monoisotopic (exact) mass is 363 g/mol. The number of hydrogen-bond donors (Lipinski definition) is 0. The molecular formula is C13H15FINO2. The summed E-state index contributed by atoms with van der Waals surface area (Å²) < 4.78 is 18.5. The molecule has 2 aliphatic rings. The van der Waals surface area contributed by atoms with Gasteiger partial charge in [-0.25, -0.2) is 9.18 Å². The van der Waals surface area contributed by atoms with E-state index in [2.05, 4.69) is 29.2 Å². The molecule has 1 heterocycles. The summed E-state index contributed by atoms with van der Waals surface area (Å²) in [5.74, 6) is 0. The highest BCUT2D eigenvalue weighted by Gasteiger charge is 2.36. The maximum atomic E-state index is 13.9. The van der Waals surface area contributed by atoms with Crippen molar-refractivity contribution in [3.05, 3.63) is 36.6 Å². The number of cyclic esters (lactones) is 1. The van der Waals surface area contributed by atoms with Crippen LogP contribution in [0, 0.1) is 0 Å². The Morgan fingerprint density at radius 1 is 1.78 bits per heavy atom. The van der Waals surface area contributed by atoms with Crippen molar-refractivity contribution >= 4 is 28.7 Å². The summed E-state index contributed by atoms with van der Waals surface area (Å²) in [7, 11) is 0. The predicted octanol–water partition coefficient (Wildman–Crippen LogP) is 3.37. The van der Waals surface area contributed by atoms with Gasteiger partial charge in [0.1, 0.15) is 12.3 Å². The SMILES string of the molecule is C=CC[C@H]1CN(C2=CC(F)C(C)(I)C=C2)C(=O)O1. The van der Waals surface area contributed by atoms with Gasteiger partial charge in [-0.3, -0.25) is 4.90 Å². The van der Waals surface area contributed by atoms with Crippen molar-refractivity contribution in [1.29, 1.82) is 0 Å². The van der Waals surface area contributed by atoms with E-state index < -0.39 is 15.7 Å². The van der Waals surface area contributed by atoms with Crippen molar-refractivity contribution in [1.82, 2.24) is 4.90 Å². The molecule has 0 aromatic carbocycles. The normalized spacial score (nSPS) is 35.4. The van der Waals surface area contributed by atoms with Crippen LogP contribution in [-0.2, 0) is 4.74 Å². The zero-order valence-corrected chi connectivity index (χ0v) is 12.3. The quantitative estimate of drug-likeness (QED) is 0.437. The molecule has 1 aliphatic heterocycles. The molecule has 0 aromatic heterocycles. The van der Waals surface area contributed by atoms with E-state index in [9.17, 15) is 9.18 Å². The lowest BCUT2D eigenvalue weighted by molar-refractivity contribution is 0.136. The lowest BCUT2D eigenvalue weighted by Gasteiger charge is -2.27. The number of rotatable bonds is 3. The topological polar surface area (TPSA) is 29.5 Å². The van der Waals surface area contributed by atoms with Crippen LogP contribution in [0.3, 0.4) is 0 Å². The number of nitrogens with zero attached hydrogens (tertiary/aromatic N) is 1. The van der Waals surface area contributed by atoms with Gasteiger partial charge in [0.25, 0.3) is 0 Å². The fourth-order valence-corrected chi connectivity index (χ4v) is 2.29. The van der Waals surface area contributed by atoms with Gasteiger partial charge >= 0.3 is 6.09 Å². The fourth-order valence-electron chi connectivity index (χ4n) is 1.93. The molecule has 3 nitrogen and oxygen atoms in total. The molecule has 0 bridgehead atoms. The van der Waals surface area contributed by atoms with Crippen molar-refractivity contribution in [2.75, 3.05) is 6.54 Å². The second kappa shape index (κ2) is 5.03. The van der Waals surface area contributed by atoms with Crippen LogP contribution in [-0.4, -0.2) is 33.2 Å². The van der Waals surface area contributed by atoms with Gasteiger partial charge in [0, 0.05) is 12.1 Å². The number of carbonyl (C=O) groups excluding carboxylic acids is 1. The minimum atomic E-state index is -1.11. The highest BCUT2D eigenvalue weighted by molar-refractivity contribution is 14.1. The van der Waals surface area contributed by atoms with Gasteiger partial charge in [-0.15, -0.1) is 6.58 Å². The molecule has 18 heavy (non-hydrogen) atoms. The fraction of sp³-hybridized carbons (Fsp3) is 0.462. The van der Waals surface area contributed by atoms with Gasteiger partial charge in [0.05, 0.1) is 9.97 Å². The number of hydrogen-bond acceptors (Lipinski definition) is 2. The average Bonchev–Trinajstić information content (AvgIpc) is 2.64. The van der Waals surface area contributed by atoms with E-state index in [4.69, 9.17) is 4.74 Å². The molecule has 2 unspecified atom stereocenters. The van der Waals surface area contributed by atoms with E-state index in [-0.39, 0.29) is 6.10 Å². The van der Waals surface area contributed by atoms with Crippen LogP contribution in [0.5, 0.6) is 0 Å². The molecule has 2 rings (SSSR count). The number of alkyl halides is 2. The Morgan fingerprint density at radius 3 is 3.11 bits per heavy atom. The first-order chi connectivity index (χ1) is 8.44. The Balaban J connectivity index is 2.12. The largest absolute Gasteiger partial charge is 0.444 e. The summed E-state index contributed by atoms with van der Waals surface area (Å²) in [6, 6.07) is 0. The van der Waals surface area contributed by atoms with Gasteiger partial charge < -0.3 is 4.74 Å². The molecule has 1 aliphatic carbocycles. The van der Waals surface area contributed by atoms with Crippen molar-refractivity contribution in [3.8, 4) is 0 Å². The highest BCUT2D eigenvalue weighted by atomic mass is 127. The first-order valence-corrected chi connectivity index (χ1v) is 6.85. The van der Waals surface area contributed by atoms with Crippen LogP contribution in [0.1, 0.15) is 13.3 Å². The Morgan fingerprint density at radius 2 is 2.50 bits per heavy atom. The molecule has 0 N–H and O–H groups in total. The molecule has 1 amide bonds. The summed E-state index contributed by atoms with van der Waals surface area (Å²) in [6.07, 6.45) is 5.65. The predicted molar refractivity (Wildman–Crippen MR) is 76.3 cm³/mol. The smallest absolute Gasteiger partial charge is 0.414 e. The summed E-state index contributed by atoms with van der Waals surface area (Å²) in [6.45, 7) is 5.88. The highest BCUT2D eigenvalue weighted by Crippen LogP contribution is 2.34. The molecule has 0 spiro atoms. The number of halogens is 2. The Bertz CT molecular complexity index is 431. The van der Waals surface area contributed by atoms with Crippen molar-refractivity contribution in [2.45, 2.75) is 29.0 Å². The number of amides is 1. The van der Waals surface area contributed by atoms with E-state index in [1.807, 2.05) is 6.92 Å². The second-order valence-corrected chi connectivity index (χ2v) is 6.94. The van der Waals surface area contributed by atoms with E-state index in [1.165, 1.54) is 11.0 Å². The van der Waals surface area contributed by atoms with Crippen LogP contribution in [0.2, 0.25) is 0 Å². The molecule has 98 valence electrons. The molecule has 3 atom stereocenters. The van der Waals surface area contributed by atoms with Gasteiger partial charge in [-0.05, 0) is 19.1 Å². The average molecular weight is 363 g/mol. The van der Waals surface area contributed by atoms with Crippen LogP contribution < -0.4 is 0 Å². The second-order valence-electron chi connectivity index (χ2n) is 4.62. The summed E-state index contributed by atoms with van der Waals surface area (Å²) >= 11 is 2.06. The van der Waals surface area contributed by atoms with E-state index in [1.54, 1.807) is 18.2 Å². The van der Waals surface area contributed by atoms with Gasteiger partial charge in [0.15, 0.2) is 0 Å². The Hall–Kier alpha value is -0.850. The minimum absolute atomic E-state index is 0.185. The first kappa shape index (κ1) is 13.6. The van der Waals surface area contributed by atoms with Crippen molar-refractivity contribution < 1.29 is 13.9 Å². The van der Waals surface area contributed by atoms with Crippen molar-refractivity contribution in [2.24, 2.45) is 0 Å². The van der Waals surface area contributed by atoms with Crippen LogP contribution >= 0.6 is 22.6 Å². The van der Waals surface area contributed by atoms with Gasteiger partial charge in [-0.2, -0.15) is 0 Å². The minimum Gasteiger partial charge on any atom is -0.444 e. The summed E-state index contributed by atoms with van der Waals surface area (Å²) in [4.78, 5) is 13.2. The third-order valence-electron chi connectivity index (χ3n) is 3.05. The summed E-state index contributed by atoms with van der Waals surface area (Å²) in [5.41, 5.74) is 0.577. The molecule has 0 radical (unpaired) electrons. The Kier molecular flexibility index (Phi) is 3.79. The van der Waals surface area contributed by atoms with E-state index in [0.717, 1.165) is 0 Å². The lowest BCUT2D eigenvalue weighted by Crippen LogP contribution is -2.32. The first-order valence-electron chi connectivity index (χ1n) is 5.77. The van der Waals surface area contributed by atoms with Crippen LogP contribution in [0.4, 0.5) is 9.18 Å². The maximum absolute atomic E-state index is 13.9. The van der Waals surface area contributed by atoms with Gasteiger partial charge in [-0.1, -0.05) is 34.7 Å². The number of allylic oxidation sites excluding steroid dienone is 3. The maximum Gasteiger partial charge on any atom is 0.414 e. The standard InChI is InChI=1S/C13H15FINO2/c1-3-4-10-8-16(12(17)18-10)9-5-6-13(2,15)11(14)7-9/h3,5-7,10-11H,1,4,8H2,2H3/t10-,11?,13?/m0/s1. The van der Waals surface area contributed by atoms with Crippen LogP contribution in [0.15, 0.2) is 36.6 Å². The molecular weight excluding hydrogens is 348 g/mol. The molecule has 0 aromatic rings. The number of carbonyl (C=O) groups is 1. The van der Waals surface area contributed by atoms with Crippen LogP contribution in [0.25, 0.3) is 0 Å². The van der Waals surface area contributed by atoms with Gasteiger partial charge in [0.2, 0.25) is 0 Å². The van der Waals surface area contributed by atoms with E-state index in [0.29, 0.717) is 18.7 Å². The number of ether oxygens (including phenoxy) is 1. The zero-order chi connectivity index (χ0) is 13.3. The third-order valence-corrected chi connectivity index (χ3v) is 4.01. The molecule has 1 saturated heterocycles. The molecule has 0 saturated carbocycles. The zero-order valence-electron chi connectivity index (χ0n) is 10.1. The van der Waals surface area contributed by atoms with E-state index >= 15 is 0 Å². The molecule has 1 fully saturated rings. The van der Waals surface area contributed by atoms with Crippen molar-refractivity contribution in [3.63, 3.8) is 0 Å².